The third kappa shape index (κ3) is 3.68. The molecule has 0 aliphatic heterocycles. The molecule has 0 saturated heterocycles. The summed E-state index contributed by atoms with van der Waals surface area (Å²) in [6.07, 6.45) is 0. The van der Waals surface area contributed by atoms with Gasteiger partial charge in [-0.15, -0.1) is 0 Å². The van der Waals surface area contributed by atoms with Crippen molar-refractivity contribution in [2.75, 3.05) is 7.05 Å². The van der Waals surface area contributed by atoms with Crippen LogP contribution < -0.4 is 0 Å². The summed E-state index contributed by atoms with van der Waals surface area (Å²) >= 11 is 0. The average molecular weight is 261 g/mol. The van der Waals surface area contributed by atoms with Crippen molar-refractivity contribution in [1.29, 1.82) is 10.5 Å². The van der Waals surface area contributed by atoms with Gasteiger partial charge in [0.2, 0.25) is 0 Å². The number of rotatable bonds is 4. The van der Waals surface area contributed by atoms with E-state index < -0.39 is 0 Å². The molecule has 0 aliphatic rings. The van der Waals surface area contributed by atoms with Gasteiger partial charge in [0.05, 0.1) is 23.3 Å². The molecule has 2 aromatic carbocycles. The van der Waals surface area contributed by atoms with Gasteiger partial charge in [0.25, 0.3) is 0 Å². The second-order valence-corrected chi connectivity index (χ2v) is 4.80. The van der Waals surface area contributed by atoms with Gasteiger partial charge in [0.15, 0.2) is 0 Å². The molecule has 0 saturated carbocycles. The summed E-state index contributed by atoms with van der Waals surface area (Å²) in [6.45, 7) is 1.54. The van der Waals surface area contributed by atoms with Crippen molar-refractivity contribution < 1.29 is 0 Å². The zero-order valence-corrected chi connectivity index (χ0v) is 11.4. The maximum Gasteiger partial charge on any atom is 0.0991 e. The van der Waals surface area contributed by atoms with E-state index in [4.69, 9.17) is 10.5 Å². The molecule has 0 radical (unpaired) electrons. The summed E-state index contributed by atoms with van der Waals surface area (Å²) in [7, 11) is 2.03. The maximum atomic E-state index is 8.89. The Morgan fingerprint density at radius 1 is 0.850 bits per heavy atom. The molecule has 0 atom stereocenters. The van der Waals surface area contributed by atoms with Crippen LogP contribution in [-0.2, 0) is 13.1 Å². The highest BCUT2D eigenvalue weighted by Gasteiger charge is 2.03. The van der Waals surface area contributed by atoms with Gasteiger partial charge in [-0.1, -0.05) is 24.3 Å². The molecule has 98 valence electrons. The largest absolute Gasteiger partial charge is 0.298 e. The van der Waals surface area contributed by atoms with Gasteiger partial charge in [-0.25, -0.2) is 0 Å². The number of nitrogens with zero attached hydrogens (tertiary/aromatic N) is 3. The molecular formula is C17H15N3. The van der Waals surface area contributed by atoms with Gasteiger partial charge >= 0.3 is 0 Å². The summed E-state index contributed by atoms with van der Waals surface area (Å²) < 4.78 is 0. The van der Waals surface area contributed by atoms with Crippen LogP contribution in [0.2, 0.25) is 0 Å². The molecule has 2 rings (SSSR count). The van der Waals surface area contributed by atoms with Crippen LogP contribution in [0.3, 0.4) is 0 Å². The zero-order chi connectivity index (χ0) is 14.4. The van der Waals surface area contributed by atoms with Gasteiger partial charge in [-0.2, -0.15) is 10.5 Å². The summed E-state index contributed by atoms with van der Waals surface area (Å²) in [5.74, 6) is 0. The fourth-order valence-corrected chi connectivity index (χ4v) is 2.16. The molecular weight excluding hydrogens is 246 g/mol. The molecule has 0 amide bonds. The number of nitriles is 2. The molecule has 20 heavy (non-hydrogen) atoms. The van der Waals surface area contributed by atoms with Crippen molar-refractivity contribution in [1.82, 2.24) is 4.90 Å². The lowest BCUT2D eigenvalue weighted by molar-refractivity contribution is 0.319. The van der Waals surface area contributed by atoms with E-state index in [9.17, 15) is 0 Å². The highest BCUT2D eigenvalue weighted by molar-refractivity contribution is 5.34. The first-order chi connectivity index (χ1) is 9.71. The van der Waals surface area contributed by atoms with E-state index in [1.54, 1.807) is 12.1 Å². The summed E-state index contributed by atoms with van der Waals surface area (Å²) in [6, 6.07) is 19.6. The van der Waals surface area contributed by atoms with Gasteiger partial charge in [0.1, 0.15) is 0 Å². The average Bonchev–Trinajstić information content (AvgIpc) is 2.47. The molecule has 0 aromatic heterocycles. The van der Waals surface area contributed by atoms with Crippen molar-refractivity contribution >= 4 is 0 Å². The molecule has 0 fully saturated rings. The smallest absolute Gasteiger partial charge is 0.0991 e. The van der Waals surface area contributed by atoms with E-state index in [2.05, 4.69) is 17.0 Å². The number of benzene rings is 2. The molecule has 2 aromatic rings. The van der Waals surface area contributed by atoms with Crippen molar-refractivity contribution in [3.8, 4) is 12.1 Å². The fraction of sp³-hybridized carbons (Fsp3) is 0.176. The first kappa shape index (κ1) is 13.8. The van der Waals surface area contributed by atoms with Gasteiger partial charge in [-0.05, 0) is 42.4 Å². The maximum absolute atomic E-state index is 8.89. The highest BCUT2D eigenvalue weighted by atomic mass is 15.1. The lowest BCUT2D eigenvalue weighted by atomic mass is 10.1. The minimum atomic E-state index is 0.683. The topological polar surface area (TPSA) is 50.8 Å². The Labute approximate surface area is 119 Å². The Balaban J connectivity index is 2.03. The number of hydrogen-bond donors (Lipinski definition) is 0. The second kappa shape index (κ2) is 6.52. The van der Waals surface area contributed by atoms with Crippen LogP contribution in [-0.4, -0.2) is 11.9 Å². The zero-order valence-electron chi connectivity index (χ0n) is 11.4. The molecule has 3 heteroatoms. The minimum Gasteiger partial charge on any atom is -0.298 e. The third-order valence-corrected chi connectivity index (χ3v) is 3.02. The molecule has 0 heterocycles. The molecule has 0 aliphatic carbocycles. The molecule has 0 bridgehead atoms. The quantitative estimate of drug-likeness (QED) is 0.850. The summed E-state index contributed by atoms with van der Waals surface area (Å²) in [5, 5.41) is 17.8. The van der Waals surface area contributed by atoms with Crippen LogP contribution in [0, 0.1) is 22.7 Å². The second-order valence-electron chi connectivity index (χ2n) is 4.80. The predicted octanol–water partition coefficient (Wildman–Crippen LogP) is 3.06. The van der Waals surface area contributed by atoms with Crippen LogP contribution in [0.25, 0.3) is 0 Å². The predicted molar refractivity (Wildman–Crippen MR) is 77.5 cm³/mol. The van der Waals surface area contributed by atoms with Crippen molar-refractivity contribution in [3.63, 3.8) is 0 Å². The van der Waals surface area contributed by atoms with Crippen LogP contribution in [0.4, 0.5) is 0 Å². The van der Waals surface area contributed by atoms with E-state index in [0.29, 0.717) is 11.1 Å². The lowest BCUT2D eigenvalue weighted by Crippen LogP contribution is -2.17. The normalized spacial score (nSPS) is 10.0. The molecule has 3 nitrogen and oxygen atoms in total. The Morgan fingerprint density at radius 2 is 1.30 bits per heavy atom. The Hall–Kier alpha value is -2.62. The van der Waals surface area contributed by atoms with Crippen LogP contribution in [0.5, 0.6) is 0 Å². The van der Waals surface area contributed by atoms with Gasteiger partial charge < -0.3 is 0 Å². The van der Waals surface area contributed by atoms with Crippen LogP contribution in [0.1, 0.15) is 22.3 Å². The fourth-order valence-electron chi connectivity index (χ4n) is 2.16. The standard InChI is InChI=1S/C17H15N3/c1-20(12-16-6-2-4-14(8-16)10-18)13-17-7-3-5-15(9-17)11-19/h2-9H,12-13H2,1H3. The summed E-state index contributed by atoms with van der Waals surface area (Å²) in [5.41, 5.74) is 3.59. The Bertz CT molecular complexity index is 618. The Morgan fingerprint density at radius 3 is 1.70 bits per heavy atom. The molecule has 0 spiro atoms. The van der Waals surface area contributed by atoms with Crippen molar-refractivity contribution in [3.05, 3.63) is 70.8 Å². The van der Waals surface area contributed by atoms with Gasteiger partial charge in [-0.3, -0.25) is 4.90 Å². The molecule has 0 unspecified atom stereocenters. The van der Waals surface area contributed by atoms with Crippen LogP contribution in [0.15, 0.2) is 48.5 Å². The SMILES string of the molecule is CN(Cc1cccc(C#N)c1)Cc1cccc(C#N)c1. The molecule has 0 N–H and O–H groups in total. The minimum absolute atomic E-state index is 0.683. The van der Waals surface area contributed by atoms with E-state index in [0.717, 1.165) is 24.2 Å². The monoisotopic (exact) mass is 261 g/mol. The van der Waals surface area contributed by atoms with Crippen molar-refractivity contribution in [2.24, 2.45) is 0 Å². The first-order valence-corrected chi connectivity index (χ1v) is 6.38. The van der Waals surface area contributed by atoms with E-state index in [-0.39, 0.29) is 0 Å². The first-order valence-electron chi connectivity index (χ1n) is 6.38. The number of hydrogen-bond acceptors (Lipinski definition) is 3. The lowest BCUT2D eigenvalue weighted by Gasteiger charge is -2.17. The van der Waals surface area contributed by atoms with Crippen LogP contribution >= 0.6 is 0 Å². The van der Waals surface area contributed by atoms with E-state index in [1.807, 2.05) is 43.4 Å². The van der Waals surface area contributed by atoms with Crippen molar-refractivity contribution in [2.45, 2.75) is 13.1 Å². The van der Waals surface area contributed by atoms with E-state index in [1.165, 1.54) is 0 Å². The Kier molecular flexibility index (Phi) is 4.50. The van der Waals surface area contributed by atoms with E-state index >= 15 is 0 Å². The van der Waals surface area contributed by atoms with Gasteiger partial charge in [0, 0.05) is 13.1 Å². The summed E-state index contributed by atoms with van der Waals surface area (Å²) in [4.78, 5) is 2.16. The third-order valence-electron chi connectivity index (χ3n) is 3.02. The highest BCUT2D eigenvalue weighted by Crippen LogP contribution is 2.11.